The highest BCUT2D eigenvalue weighted by molar-refractivity contribution is 5.96. The smallest absolute Gasteiger partial charge is 0.123 e. The summed E-state index contributed by atoms with van der Waals surface area (Å²) in [6, 6.07) is 8.79. The van der Waals surface area contributed by atoms with Crippen LogP contribution in [-0.4, -0.2) is 23.3 Å². The monoisotopic (exact) mass is 245 g/mol. The van der Waals surface area contributed by atoms with Gasteiger partial charge in [-0.15, -0.1) is 0 Å². The van der Waals surface area contributed by atoms with Crippen LogP contribution in [0.4, 0.5) is 0 Å². The number of hydrogen-bond acceptors (Lipinski definition) is 2. The zero-order valence-electron chi connectivity index (χ0n) is 11.2. The minimum absolute atomic E-state index is 0.178. The summed E-state index contributed by atoms with van der Waals surface area (Å²) < 4.78 is 0. The Morgan fingerprint density at radius 1 is 1.39 bits per heavy atom. The topological polar surface area (TPSA) is 53.1 Å². The average molecular weight is 245 g/mol. The predicted molar refractivity (Wildman–Crippen MR) is 75.8 cm³/mol. The highest BCUT2D eigenvalue weighted by Crippen LogP contribution is 2.29. The summed E-state index contributed by atoms with van der Waals surface area (Å²) in [4.78, 5) is 2.55. The Hall–Kier alpha value is -1.35. The molecule has 3 heteroatoms. The van der Waals surface area contributed by atoms with Crippen LogP contribution < -0.4 is 5.73 Å². The van der Waals surface area contributed by atoms with Gasteiger partial charge in [-0.3, -0.25) is 10.3 Å². The Labute approximate surface area is 109 Å². The molecule has 0 unspecified atom stereocenters. The van der Waals surface area contributed by atoms with E-state index in [1.54, 1.807) is 0 Å². The van der Waals surface area contributed by atoms with Crippen molar-refractivity contribution < 1.29 is 0 Å². The van der Waals surface area contributed by atoms with Gasteiger partial charge in [0.25, 0.3) is 0 Å². The molecule has 1 aromatic rings. The van der Waals surface area contributed by atoms with Crippen LogP contribution in [0.5, 0.6) is 0 Å². The van der Waals surface area contributed by atoms with E-state index in [1.165, 1.54) is 31.2 Å². The van der Waals surface area contributed by atoms with Gasteiger partial charge in [0.05, 0.1) is 0 Å². The highest BCUT2D eigenvalue weighted by atomic mass is 15.2. The van der Waals surface area contributed by atoms with Gasteiger partial charge in [-0.25, -0.2) is 0 Å². The number of unbranched alkanes of at least 4 members (excludes halogenated alkanes) is 1. The zero-order valence-corrected chi connectivity index (χ0v) is 11.2. The van der Waals surface area contributed by atoms with Gasteiger partial charge in [0.2, 0.25) is 0 Å². The molecule has 1 aromatic carbocycles. The summed E-state index contributed by atoms with van der Waals surface area (Å²) in [7, 11) is 0. The first-order valence-electron chi connectivity index (χ1n) is 6.88. The third-order valence-electron chi connectivity index (χ3n) is 3.54. The third-order valence-corrected chi connectivity index (χ3v) is 3.54. The highest BCUT2D eigenvalue weighted by Gasteiger charge is 2.28. The van der Waals surface area contributed by atoms with Crippen molar-refractivity contribution in [2.24, 2.45) is 5.73 Å². The second-order valence-corrected chi connectivity index (χ2v) is 5.13. The summed E-state index contributed by atoms with van der Waals surface area (Å²) in [6.07, 6.45) is 5.13. The number of hydrogen-bond donors (Lipinski definition) is 2. The maximum atomic E-state index is 7.64. The fourth-order valence-corrected chi connectivity index (χ4v) is 2.33. The molecule has 1 aliphatic rings. The van der Waals surface area contributed by atoms with Crippen LogP contribution in [0.25, 0.3) is 0 Å². The minimum Gasteiger partial charge on any atom is -0.384 e. The summed E-state index contributed by atoms with van der Waals surface area (Å²) in [5.74, 6) is 0.178. The van der Waals surface area contributed by atoms with E-state index in [4.69, 9.17) is 11.1 Å². The summed E-state index contributed by atoms with van der Waals surface area (Å²) >= 11 is 0. The molecule has 0 bridgehead atoms. The lowest BCUT2D eigenvalue weighted by molar-refractivity contribution is 0.250. The number of nitrogen functional groups attached to an aromatic ring is 1. The molecule has 3 nitrogen and oxygen atoms in total. The fraction of sp³-hybridized carbons (Fsp3) is 0.533. The van der Waals surface area contributed by atoms with Crippen LogP contribution in [0.1, 0.15) is 43.7 Å². The van der Waals surface area contributed by atoms with Crippen molar-refractivity contribution in [3.8, 4) is 0 Å². The number of nitrogens with two attached hydrogens (primary N) is 1. The van der Waals surface area contributed by atoms with Crippen molar-refractivity contribution in [2.45, 2.75) is 45.2 Å². The number of amidine groups is 1. The predicted octanol–water partition coefficient (Wildman–Crippen LogP) is 2.74. The van der Waals surface area contributed by atoms with Crippen LogP contribution in [-0.2, 0) is 6.54 Å². The van der Waals surface area contributed by atoms with E-state index in [-0.39, 0.29) is 5.84 Å². The summed E-state index contributed by atoms with van der Waals surface area (Å²) in [6.45, 7) is 4.32. The molecule has 1 saturated carbocycles. The molecule has 0 radical (unpaired) electrons. The van der Waals surface area contributed by atoms with Gasteiger partial charge in [-0.05, 0) is 31.4 Å². The van der Waals surface area contributed by atoms with Gasteiger partial charge < -0.3 is 5.73 Å². The number of benzene rings is 1. The Kier molecular flexibility index (Phi) is 4.37. The number of rotatable bonds is 7. The van der Waals surface area contributed by atoms with E-state index in [1.807, 2.05) is 18.2 Å². The largest absolute Gasteiger partial charge is 0.384 e. The lowest BCUT2D eigenvalue weighted by Crippen LogP contribution is -2.28. The Morgan fingerprint density at radius 3 is 2.72 bits per heavy atom. The van der Waals surface area contributed by atoms with Crippen molar-refractivity contribution in [3.05, 3.63) is 35.4 Å². The molecule has 1 fully saturated rings. The van der Waals surface area contributed by atoms with Crippen molar-refractivity contribution in [2.75, 3.05) is 6.54 Å². The van der Waals surface area contributed by atoms with E-state index < -0.39 is 0 Å². The molecule has 0 spiro atoms. The Morgan fingerprint density at radius 2 is 2.11 bits per heavy atom. The number of nitrogens with one attached hydrogen (secondary N) is 1. The molecule has 2 rings (SSSR count). The van der Waals surface area contributed by atoms with Crippen LogP contribution in [0.15, 0.2) is 24.3 Å². The SMILES string of the molecule is CCCCN(Cc1ccccc1C(=N)N)C1CC1. The quantitative estimate of drug-likeness (QED) is 0.573. The van der Waals surface area contributed by atoms with Gasteiger partial charge in [0.15, 0.2) is 0 Å². The van der Waals surface area contributed by atoms with Crippen molar-refractivity contribution in [1.29, 1.82) is 5.41 Å². The second-order valence-electron chi connectivity index (χ2n) is 5.13. The lowest BCUT2D eigenvalue weighted by atomic mass is 10.1. The van der Waals surface area contributed by atoms with E-state index in [9.17, 15) is 0 Å². The molecule has 0 aromatic heterocycles. The standard InChI is InChI=1S/C15H23N3/c1-2-3-10-18(13-8-9-13)11-12-6-4-5-7-14(12)15(16)17/h4-7,13H,2-3,8-11H2,1H3,(H3,16,17). The molecular weight excluding hydrogens is 222 g/mol. The maximum absolute atomic E-state index is 7.64. The Bertz CT molecular complexity index is 410. The summed E-state index contributed by atoms with van der Waals surface area (Å²) in [5.41, 5.74) is 7.72. The van der Waals surface area contributed by atoms with Crippen LogP contribution in [0.2, 0.25) is 0 Å². The molecule has 1 aliphatic carbocycles. The van der Waals surface area contributed by atoms with Crippen LogP contribution in [0.3, 0.4) is 0 Å². The van der Waals surface area contributed by atoms with E-state index in [0.29, 0.717) is 0 Å². The van der Waals surface area contributed by atoms with E-state index in [2.05, 4.69) is 17.9 Å². The molecule has 18 heavy (non-hydrogen) atoms. The Balaban J connectivity index is 2.08. The van der Waals surface area contributed by atoms with Gasteiger partial charge in [0.1, 0.15) is 5.84 Å². The first-order chi connectivity index (χ1) is 8.72. The number of nitrogens with zero attached hydrogens (tertiary/aromatic N) is 1. The average Bonchev–Trinajstić information content (AvgIpc) is 3.19. The third kappa shape index (κ3) is 3.33. The first-order valence-corrected chi connectivity index (χ1v) is 6.88. The molecule has 0 aliphatic heterocycles. The minimum atomic E-state index is 0.178. The zero-order chi connectivity index (χ0) is 13.0. The second kappa shape index (κ2) is 6.01. The normalized spacial score (nSPS) is 15.0. The molecule has 0 saturated heterocycles. The molecule has 98 valence electrons. The molecule has 0 heterocycles. The van der Waals surface area contributed by atoms with Gasteiger partial charge in [0, 0.05) is 18.2 Å². The van der Waals surface area contributed by atoms with Crippen LogP contribution >= 0.6 is 0 Å². The van der Waals surface area contributed by atoms with Crippen molar-refractivity contribution >= 4 is 5.84 Å². The van der Waals surface area contributed by atoms with Crippen LogP contribution in [0, 0.1) is 5.41 Å². The maximum Gasteiger partial charge on any atom is 0.123 e. The van der Waals surface area contributed by atoms with E-state index >= 15 is 0 Å². The molecular formula is C15H23N3. The first kappa shape index (κ1) is 13.1. The molecule has 0 amide bonds. The lowest BCUT2D eigenvalue weighted by Gasteiger charge is -2.23. The summed E-state index contributed by atoms with van der Waals surface area (Å²) in [5, 5.41) is 7.64. The van der Waals surface area contributed by atoms with Crippen molar-refractivity contribution in [3.63, 3.8) is 0 Å². The van der Waals surface area contributed by atoms with Gasteiger partial charge in [-0.2, -0.15) is 0 Å². The molecule has 3 N–H and O–H groups in total. The van der Waals surface area contributed by atoms with E-state index in [0.717, 1.165) is 24.7 Å². The van der Waals surface area contributed by atoms with Crippen molar-refractivity contribution in [1.82, 2.24) is 4.90 Å². The fourth-order valence-electron chi connectivity index (χ4n) is 2.33. The molecule has 0 atom stereocenters. The van der Waals surface area contributed by atoms with Gasteiger partial charge in [-0.1, -0.05) is 37.6 Å². The van der Waals surface area contributed by atoms with Gasteiger partial charge >= 0.3 is 0 Å².